The monoisotopic (exact) mass is 247 g/mol. The van der Waals surface area contributed by atoms with E-state index >= 15 is 0 Å². The van der Waals surface area contributed by atoms with Crippen molar-refractivity contribution in [2.24, 2.45) is 7.05 Å². The van der Waals surface area contributed by atoms with Crippen LogP contribution in [0.2, 0.25) is 0 Å². The third-order valence-corrected chi connectivity index (χ3v) is 3.48. The number of carbonyl (C=O) groups is 1. The molecule has 0 saturated carbocycles. The molecule has 2 aromatic rings. The van der Waals surface area contributed by atoms with Gasteiger partial charge in [-0.15, -0.1) is 0 Å². The lowest BCUT2D eigenvalue weighted by molar-refractivity contribution is 0.102. The van der Waals surface area contributed by atoms with E-state index < -0.39 is 0 Å². The SMILES string of the molecule is Cc1ccccc1C(=O)CSc1ncnn1C. The number of thioether (sulfide) groups is 1. The molecule has 0 saturated heterocycles. The van der Waals surface area contributed by atoms with E-state index in [1.807, 2.05) is 38.2 Å². The highest BCUT2D eigenvalue weighted by Crippen LogP contribution is 2.17. The quantitative estimate of drug-likeness (QED) is 0.613. The first-order valence-electron chi connectivity index (χ1n) is 5.24. The standard InChI is InChI=1S/C12H13N3OS/c1-9-5-3-4-6-10(9)11(16)7-17-12-13-8-14-15(12)2/h3-6,8H,7H2,1-2H3. The van der Waals surface area contributed by atoms with Gasteiger partial charge in [-0.2, -0.15) is 5.10 Å². The fraction of sp³-hybridized carbons (Fsp3) is 0.250. The highest BCUT2D eigenvalue weighted by Gasteiger charge is 2.10. The Morgan fingerprint density at radius 2 is 2.18 bits per heavy atom. The number of nitrogens with zero attached hydrogens (tertiary/aromatic N) is 3. The van der Waals surface area contributed by atoms with E-state index in [1.165, 1.54) is 18.1 Å². The number of benzene rings is 1. The predicted molar refractivity (Wildman–Crippen MR) is 67.2 cm³/mol. The molecular formula is C12H13N3OS. The van der Waals surface area contributed by atoms with Gasteiger partial charge in [0.2, 0.25) is 0 Å². The summed E-state index contributed by atoms with van der Waals surface area (Å²) in [6.07, 6.45) is 1.49. The zero-order chi connectivity index (χ0) is 12.3. The van der Waals surface area contributed by atoms with Crippen LogP contribution in [-0.2, 0) is 7.05 Å². The molecule has 0 bridgehead atoms. The zero-order valence-corrected chi connectivity index (χ0v) is 10.6. The molecule has 0 unspecified atom stereocenters. The second kappa shape index (κ2) is 5.14. The van der Waals surface area contributed by atoms with Crippen molar-refractivity contribution in [2.75, 3.05) is 5.75 Å². The van der Waals surface area contributed by atoms with Crippen molar-refractivity contribution in [2.45, 2.75) is 12.1 Å². The summed E-state index contributed by atoms with van der Waals surface area (Å²) >= 11 is 1.41. The number of Topliss-reactive ketones (excluding diaryl/α,β-unsaturated/α-hetero) is 1. The molecule has 0 N–H and O–H groups in total. The molecule has 0 radical (unpaired) electrons. The van der Waals surface area contributed by atoms with Crippen molar-refractivity contribution in [3.05, 3.63) is 41.7 Å². The third-order valence-electron chi connectivity index (χ3n) is 2.45. The van der Waals surface area contributed by atoms with Crippen molar-refractivity contribution in [1.29, 1.82) is 0 Å². The Morgan fingerprint density at radius 3 is 2.82 bits per heavy atom. The van der Waals surface area contributed by atoms with Gasteiger partial charge in [0.25, 0.3) is 0 Å². The molecule has 1 aromatic carbocycles. The lowest BCUT2D eigenvalue weighted by atomic mass is 10.1. The summed E-state index contributed by atoms with van der Waals surface area (Å²) in [6.45, 7) is 1.94. The zero-order valence-electron chi connectivity index (χ0n) is 9.75. The first-order valence-corrected chi connectivity index (χ1v) is 6.22. The van der Waals surface area contributed by atoms with E-state index in [0.717, 1.165) is 16.3 Å². The van der Waals surface area contributed by atoms with Crippen LogP contribution >= 0.6 is 11.8 Å². The lowest BCUT2D eigenvalue weighted by Crippen LogP contribution is -2.05. The number of hydrogen-bond donors (Lipinski definition) is 0. The maximum Gasteiger partial charge on any atom is 0.186 e. The number of hydrogen-bond acceptors (Lipinski definition) is 4. The third kappa shape index (κ3) is 2.74. The summed E-state index contributed by atoms with van der Waals surface area (Å²) in [5, 5.41) is 4.71. The fourth-order valence-corrected chi connectivity index (χ4v) is 2.28. The van der Waals surface area contributed by atoms with Crippen molar-refractivity contribution in [3.63, 3.8) is 0 Å². The summed E-state index contributed by atoms with van der Waals surface area (Å²) in [5.74, 6) is 0.508. The van der Waals surface area contributed by atoms with Crippen LogP contribution in [0.25, 0.3) is 0 Å². The number of carbonyl (C=O) groups excluding carboxylic acids is 1. The number of ketones is 1. The summed E-state index contributed by atoms with van der Waals surface area (Å²) in [6, 6.07) is 7.62. The smallest absolute Gasteiger partial charge is 0.186 e. The average Bonchev–Trinajstić information content (AvgIpc) is 2.72. The topological polar surface area (TPSA) is 47.8 Å². The molecule has 0 aliphatic rings. The van der Waals surface area contributed by atoms with Gasteiger partial charge in [-0.1, -0.05) is 36.0 Å². The molecule has 1 heterocycles. The average molecular weight is 247 g/mol. The van der Waals surface area contributed by atoms with Crippen LogP contribution in [0.15, 0.2) is 35.7 Å². The van der Waals surface area contributed by atoms with Crippen LogP contribution in [-0.4, -0.2) is 26.3 Å². The molecule has 0 amide bonds. The van der Waals surface area contributed by atoms with Crippen molar-refractivity contribution < 1.29 is 4.79 Å². The molecule has 2 rings (SSSR count). The minimum absolute atomic E-state index is 0.121. The first kappa shape index (κ1) is 11.9. The van der Waals surface area contributed by atoms with E-state index in [9.17, 15) is 4.79 Å². The Morgan fingerprint density at radius 1 is 1.41 bits per heavy atom. The van der Waals surface area contributed by atoms with Gasteiger partial charge in [-0.25, -0.2) is 9.67 Å². The van der Waals surface area contributed by atoms with Crippen molar-refractivity contribution in [1.82, 2.24) is 14.8 Å². The maximum absolute atomic E-state index is 12.0. The Kier molecular flexibility index (Phi) is 3.58. The van der Waals surface area contributed by atoms with Crippen molar-refractivity contribution >= 4 is 17.5 Å². The molecule has 0 aliphatic carbocycles. The lowest BCUT2D eigenvalue weighted by Gasteiger charge is -2.03. The number of rotatable bonds is 4. The van der Waals surface area contributed by atoms with E-state index in [-0.39, 0.29) is 5.78 Å². The van der Waals surface area contributed by atoms with Gasteiger partial charge < -0.3 is 0 Å². The molecule has 0 spiro atoms. The first-order chi connectivity index (χ1) is 8.18. The fourth-order valence-electron chi connectivity index (χ4n) is 1.51. The normalized spacial score (nSPS) is 10.5. The summed E-state index contributed by atoms with van der Waals surface area (Å²) < 4.78 is 1.66. The van der Waals surface area contributed by atoms with E-state index in [0.29, 0.717) is 5.75 Å². The number of aromatic nitrogens is 3. The van der Waals surface area contributed by atoms with Crippen LogP contribution < -0.4 is 0 Å². The molecule has 1 aromatic heterocycles. The summed E-state index contributed by atoms with van der Waals surface area (Å²) in [4.78, 5) is 16.1. The molecule has 4 nitrogen and oxygen atoms in total. The molecule has 5 heteroatoms. The summed E-state index contributed by atoms with van der Waals surface area (Å²) in [7, 11) is 1.81. The van der Waals surface area contributed by atoms with Gasteiger partial charge >= 0.3 is 0 Å². The second-order valence-electron chi connectivity index (χ2n) is 3.69. The van der Waals surface area contributed by atoms with Crippen LogP contribution in [0.4, 0.5) is 0 Å². The van der Waals surface area contributed by atoms with E-state index in [2.05, 4.69) is 10.1 Å². The van der Waals surface area contributed by atoms with Gasteiger partial charge in [0.1, 0.15) is 6.33 Å². The van der Waals surface area contributed by atoms with Gasteiger partial charge in [0, 0.05) is 12.6 Å². The van der Waals surface area contributed by atoms with Crippen molar-refractivity contribution in [3.8, 4) is 0 Å². The highest BCUT2D eigenvalue weighted by atomic mass is 32.2. The van der Waals surface area contributed by atoms with Crippen LogP contribution in [0.5, 0.6) is 0 Å². The van der Waals surface area contributed by atoms with Crippen LogP contribution in [0.3, 0.4) is 0 Å². The van der Waals surface area contributed by atoms with E-state index in [1.54, 1.807) is 4.68 Å². The Balaban J connectivity index is 2.04. The number of aryl methyl sites for hydroxylation is 2. The van der Waals surface area contributed by atoms with Gasteiger partial charge in [-0.3, -0.25) is 4.79 Å². The highest BCUT2D eigenvalue weighted by molar-refractivity contribution is 7.99. The minimum Gasteiger partial charge on any atom is -0.293 e. The summed E-state index contributed by atoms with van der Waals surface area (Å²) in [5.41, 5.74) is 1.79. The minimum atomic E-state index is 0.121. The molecule has 0 aliphatic heterocycles. The largest absolute Gasteiger partial charge is 0.293 e. The molecular weight excluding hydrogens is 234 g/mol. The molecule has 0 fully saturated rings. The predicted octanol–water partition coefficient (Wildman–Crippen LogP) is 2.10. The van der Waals surface area contributed by atoms with Gasteiger partial charge in [-0.05, 0) is 12.5 Å². The molecule has 17 heavy (non-hydrogen) atoms. The molecule has 0 atom stereocenters. The van der Waals surface area contributed by atoms with E-state index in [4.69, 9.17) is 0 Å². The van der Waals surface area contributed by atoms with Gasteiger partial charge in [0.05, 0.1) is 5.75 Å². The maximum atomic E-state index is 12.0. The Labute approximate surface area is 104 Å². The van der Waals surface area contributed by atoms with Crippen LogP contribution in [0.1, 0.15) is 15.9 Å². The van der Waals surface area contributed by atoms with Crippen LogP contribution in [0, 0.1) is 6.92 Å². The Hall–Kier alpha value is -1.62. The molecule has 88 valence electrons. The Bertz CT molecular complexity index is 536. The van der Waals surface area contributed by atoms with Gasteiger partial charge in [0.15, 0.2) is 10.9 Å². The second-order valence-corrected chi connectivity index (χ2v) is 4.64.